The average Bonchev–Trinajstić information content (AvgIpc) is 2.48. The molecule has 2 rings (SSSR count). The van der Waals surface area contributed by atoms with Gasteiger partial charge in [0, 0.05) is 6.54 Å². The number of aliphatic hydroxyl groups is 1. The van der Waals surface area contributed by atoms with Crippen molar-refractivity contribution >= 4 is 0 Å². The van der Waals surface area contributed by atoms with Gasteiger partial charge in [-0.25, -0.2) is 0 Å². The van der Waals surface area contributed by atoms with Crippen LogP contribution >= 0.6 is 0 Å². The van der Waals surface area contributed by atoms with E-state index in [9.17, 15) is 5.11 Å². The maximum atomic E-state index is 10.0. The normalized spacial score (nSPS) is 18.8. The molecule has 1 saturated heterocycles. The minimum Gasteiger partial charge on any atom is -0.497 e. The molecular weight excluding hydrogens is 254 g/mol. The van der Waals surface area contributed by atoms with E-state index in [4.69, 9.17) is 9.47 Å². The Bertz CT molecular complexity index is 385. The summed E-state index contributed by atoms with van der Waals surface area (Å²) in [6, 6.07) is 7.42. The lowest BCUT2D eigenvalue weighted by Crippen LogP contribution is -2.40. The maximum absolute atomic E-state index is 10.0. The number of benzene rings is 1. The number of β-amino-alcohol motifs (C(OH)–C–C–N with tert-alkyl or cyclic N) is 1. The van der Waals surface area contributed by atoms with Crippen LogP contribution in [0, 0.1) is 5.92 Å². The molecule has 1 heterocycles. The number of rotatable bonds is 6. The first-order valence-corrected chi connectivity index (χ1v) is 7.34. The molecule has 1 fully saturated rings. The number of likely N-dealkylation sites (tertiary alicyclic amines) is 1. The SMILES string of the molecule is COc1ccc(OCC(O)CN2CCC(C)CC2)cc1. The minimum atomic E-state index is -0.439. The van der Waals surface area contributed by atoms with E-state index >= 15 is 0 Å². The van der Waals surface area contributed by atoms with E-state index < -0.39 is 6.10 Å². The molecule has 1 unspecified atom stereocenters. The highest BCUT2D eigenvalue weighted by Crippen LogP contribution is 2.18. The molecule has 0 aliphatic carbocycles. The van der Waals surface area contributed by atoms with Gasteiger partial charge >= 0.3 is 0 Å². The Balaban J connectivity index is 1.70. The summed E-state index contributed by atoms with van der Waals surface area (Å²) in [5.41, 5.74) is 0. The molecule has 112 valence electrons. The quantitative estimate of drug-likeness (QED) is 0.866. The first-order valence-electron chi connectivity index (χ1n) is 7.34. The van der Waals surface area contributed by atoms with Crippen molar-refractivity contribution in [2.75, 3.05) is 33.4 Å². The highest BCUT2D eigenvalue weighted by atomic mass is 16.5. The molecule has 1 N–H and O–H groups in total. The third-order valence-corrected chi connectivity index (χ3v) is 3.85. The summed E-state index contributed by atoms with van der Waals surface area (Å²) in [5.74, 6) is 2.39. The van der Waals surface area contributed by atoms with Crippen LogP contribution < -0.4 is 9.47 Å². The number of hydrogen-bond acceptors (Lipinski definition) is 4. The lowest BCUT2D eigenvalue weighted by atomic mass is 9.99. The van der Waals surface area contributed by atoms with Crippen molar-refractivity contribution in [2.24, 2.45) is 5.92 Å². The summed E-state index contributed by atoms with van der Waals surface area (Å²) in [6.07, 6.45) is 2.02. The highest BCUT2D eigenvalue weighted by Gasteiger charge is 2.18. The Labute approximate surface area is 121 Å². The second-order valence-electron chi connectivity index (χ2n) is 5.62. The molecule has 1 atom stereocenters. The molecule has 0 saturated carbocycles. The smallest absolute Gasteiger partial charge is 0.119 e. The van der Waals surface area contributed by atoms with E-state index in [0.29, 0.717) is 13.2 Å². The van der Waals surface area contributed by atoms with Gasteiger partial charge in [0.25, 0.3) is 0 Å². The van der Waals surface area contributed by atoms with Crippen LogP contribution in [0.1, 0.15) is 19.8 Å². The third kappa shape index (κ3) is 4.69. The van der Waals surface area contributed by atoms with Crippen LogP contribution in [0.5, 0.6) is 11.5 Å². The van der Waals surface area contributed by atoms with E-state index in [-0.39, 0.29) is 0 Å². The predicted molar refractivity (Wildman–Crippen MR) is 79.3 cm³/mol. The third-order valence-electron chi connectivity index (χ3n) is 3.85. The van der Waals surface area contributed by atoms with Crippen LogP contribution in [-0.2, 0) is 0 Å². The summed E-state index contributed by atoms with van der Waals surface area (Å²) in [5, 5.41) is 10.0. The number of piperidine rings is 1. The van der Waals surface area contributed by atoms with Gasteiger partial charge in [-0.1, -0.05) is 6.92 Å². The molecule has 0 amide bonds. The first kappa shape index (κ1) is 15.1. The number of methoxy groups -OCH3 is 1. The van der Waals surface area contributed by atoms with E-state index in [2.05, 4.69) is 11.8 Å². The Morgan fingerprint density at radius 1 is 1.20 bits per heavy atom. The lowest BCUT2D eigenvalue weighted by Gasteiger charge is -2.31. The van der Waals surface area contributed by atoms with E-state index in [1.807, 2.05) is 24.3 Å². The molecule has 4 nitrogen and oxygen atoms in total. The molecule has 1 aliphatic rings. The molecule has 1 aromatic carbocycles. The van der Waals surface area contributed by atoms with Gasteiger partial charge < -0.3 is 19.5 Å². The van der Waals surface area contributed by atoms with Gasteiger partial charge in [0.2, 0.25) is 0 Å². The molecule has 4 heteroatoms. The Kier molecular flexibility index (Phi) is 5.68. The van der Waals surface area contributed by atoms with Crippen molar-refractivity contribution in [3.63, 3.8) is 0 Å². The topological polar surface area (TPSA) is 41.9 Å². The van der Waals surface area contributed by atoms with Crippen molar-refractivity contribution in [1.82, 2.24) is 4.90 Å². The Morgan fingerprint density at radius 3 is 2.40 bits per heavy atom. The molecular formula is C16H25NO3. The van der Waals surface area contributed by atoms with Crippen LogP contribution in [0.25, 0.3) is 0 Å². The maximum Gasteiger partial charge on any atom is 0.119 e. The largest absolute Gasteiger partial charge is 0.497 e. The van der Waals surface area contributed by atoms with Crippen molar-refractivity contribution in [3.05, 3.63) is 24.3 Å². The molecule has 0 aromatic heterocycles. The van der Waals surface area contributed by atoms with Crippen molar-refractivity contribution in [3.8, 4) is 11.5 Å². The first-order chi connectivity index (χ1) is 9.67. The van der Waals surface area contributed by atoms with Gasteiger partial charge in [0.1, 0.15) is 24.2 Å². The zero-order chi connectivity index (χ0) is 14.4. The van der Waals surface area contributed by atoms with Gasteiger partial charge in [0.05, 0.1) is 7.11 Å². The van der Waals surface area contributed by atoms with Crippen molar-refractivity contribution in [1.29, 1.82) is 0 Å². The van der Waals surface area contributed by atoms with E-state index in [1.54, 1.807) is 7.11 Å². The zero-order valence-corrected chi connectivity index (χ0v) is 12.4. The number of ether oxygens (including phenoxy) is 2. The number of aliphatic hydroxyl groups excluding tert-OH is 1. The van der Waals surface area contributed by atoms with Gasteiger partial charge in [-0.05, 0) is 56.1 Å². The van der Waals surface area contributed by atoms with Crippen LogP contribution in [0.3, 0.4) is 0 Å². The fourth-order valence-electron chi connectivity index (χ4n) is 2.46. The van der Waals surface area contributed by atoms with Crippen LogP contribution in [0.4, 0.5) is 0 Å². The van der Waals surface area contributed by atoms with E-state index in [1.165, 1.54) is 12.8 Å². The fraction of sp³-hybridized carbons (Fsp3) is 0.625. The zero-order valence-electron chi connectivity index (χ0n) is 12.4. The second kappa shape index (κ2) is 7.50. The average molecular weight is 279 g/mol. The van der Waals surface area contributed by atoms with Crippen molar-refractivity contribution < 1.29 is 14.6 Å². The summed E-state index contributed by atoms with van der Waals surface area (Å²) in [7, 11) is 1.64. The molecule has 0 radical (unpaired) electrons. The second-order valence-corrected chi connectivity index (χ2v) is 5.62. The number of hydrogen-bond donors (Lipinski definition) is 1. The Morgan fingerprint density at radius 2 is 1.80 bits per heavy atom. The molecule has 1 aliphatic heterocycles. The highest BCUT2D eigenvalue weighted by molar-refractivity contribution is 5.31. The fourth-order valence-corrected chi connectivity index (χ4v) is 2.46. The summed E-state index contributed by atoms with van der Waals surface area (Å²) < 4.78 is 10.7. The summed E-state index contributed by atoms with van der Waals surface area (Å²) in [6.45, 7) is 5.49. The summed E-state index contributed by atoms with van der Waals surface area (Å²) >= 11 is 0. The van der Waals surface area contributed by atoms with E-state index in [0.717, 1.165) is 30.5 Å². The van der Waals surface area contributed by atoms with Crippen LogP contribution in [0.15, 0.2) is 24.3 Å². The van der Waals surface area contributed by atoms with Gasteiger partial charge in [0.15, 0.2) is 0 Å². The minimum absolute atomic E-state index is 0.332. The molecule has 0 spiro atoms. The molecule has 1 aromatic rings. The van der Waals surface area contributed by atoms with Crippen LogP contribution in [-0.4, -0.2) is 49.5 Å². The predicted octanol–water partition coefficient (Wildman–Crippen LogP) is 2.17. The monoisotopic (exact) mass is 279 g/mol. The summed E-state index contributed by atoms with van der Waals surface area (Å²) in [4.78, 5) is 2.32. The standard InChI is InChI=1S/C16H25NO3/c1-13-7-9-17(10-8-13)11-14(18)12-20-16-5-3-15(19-2)4-6-16/h3-6,13-14,18H,7-12H2,1-2H3. The van der Waals surface area contributed by atoms with Crippen LogP contribution in [0.2, 0.25) is 0 Å². The number of nitrogens with zero attached hydrogens (tertiary/aromatic N) is 1. The lowest BCUT2D eigenvalue weighted by molar-refractivity contribution is 0.0563. The van der Waals surface area contributed by atoms with Gasteiger partial charge in [-0.2, -0.15) is 0 Å². The van der Waals surface area contributed by atoms with Gasteiger partial charge in [-0.3, -0.25) is 0 Å². The van der Waals surface area contributed by atoms with Gasteiger partial charge in [-0.15, -0.1) is 0 Å². The Hall–Kier alpha value is -1.26. The molecule has 0 bridgehead atoms. The molecule has 20 heavy (non-hydrogen) atoms. The van der Waals surface area contributed by atoms with Crippen molar-refractivity contribution in [2.45, 2.75) is 25.9 Å².